The van der Waals surface area contributed by atoms with Crippen LogP contribution in [0.2, 0.25) is 0 Å². The van der Waals surface area contributed by atoms with Crippen molar-refractivity contribution in [3.63, 3.8) is 0 Å². The second kappa shape index (κ2) is 6.73. The van der Waals surface area contributed by atoms with Crippen LogP contribution in [-0.4, -0.2) is 12.3 Å². The molecule has 0 N–H and O–H groups in total. The van der Waals surface area contributed by atoms with Gasteiger partial charge in [-0.1, -0.05) is 18.2 Å². The van der Waals surface area contributed by atoms with Gasteiger partial charge in [0.2, 0.25) is 0 Å². The van der Waals surface area contributed by atoms with Gasteiger partial charge in [-0.25, -0.2) is 4.39 Å². The lowest BCUT2D eigenvalue weighted by Crippen LogP contribution is -2.28. The number of para-hydroxylation sites is 1. The van der Waals surface area contributed by atoms with E-state index in [-0.39, 0.29) is 5.82 Å². The quantitative estimate of drug-likeness (QED) is 0.813. The van der Waals surface area contributed by atoms with Gasteiger partial charge in [-0.15, -0.1) is 0 Å². The highest BCUT2D eigenvalue weighted by Crippen LogP contribution is 2.30. The molecular weight excluding hydrogens is 277 g/mol. The molecule has 1 unspecified atom stereocenters. The van der Waals surface area contributed by atoms with Gasteiger partial charge in [-0.3, -0.25) is 4.79 Å². The van der Waals surface area contributed by atoms with Crippen LogP contribution in [0.3, 0.4) is 0 Å². The van der Waals surface area contributed by atoms with Crippen LogP contribution in [0, 0.1) is 11.7 Å². The number of hydrogen-bond acceptors (Lipinski definition) is 2. The number of benzene rings is 2. The Morgan fingerprint density at radius 3 is 2.36 bits per heavy atom. The predicted molar refractivity (Wildman–Crippen MR) is 86.8 cm³/mol. The lowest BCUT2D eigenvalue weighted by Gasteiger charge is -2.31. The Labute approximate surface area is 130 Å². The van der Waals surface area contributed by atoms with Crippen molar-refractivity contribution in [2.24, 2.45) is 5.92 Å². The van der Waals surface area contributed by atoms with Crippen LogP contribution < -0.4 is 4.90 Å². The van der Waals surface area contributed by atoms with Crippen molar-refractivity contribution in [3.05, 3.63) is 60.4 Å². The van der Waals surface area contributed by atoms with Gasteiger partial charge in [0.05, 0.1) is 0 Å². The van der Waals surface area contributed by atoms with Crippen LogP contribution in [0.5, 0.6) is 0 Å². The van der Waals surface area contributed by atoms with Gasteiger partial charge in [-0.2, -0.15) is 0 Å². The van der Waals surface area contributed by atoms with Gasteiger partial charge in [0, 0.05) is 30.8 Å². The molecule has 3 heteroatoms. The molecule has 0 saturated heterocycles. The largest absolute Gasteiger partial charge is 0.341 e. The van der Waals surface area contributed by atoms with Crippen molar-refractivity contribution < 1.29 is 9.18 Å². The van der Waals surface area contributed by atoms with Crippen LogP contribution >= 0.6 is 0 Å². The first-order chi connectivity index (χ1) is 10.7. The summed E-state index contributed by atoms with van der Waals surface area (Å²) in [6.45, 7) is 0.793. The van der Waals surface area contributed by atoms with E-state index in [1.54, 1.807) is 12.1 Å². The Balaban J connectivity index is 1.86. The summed E-state index contributed by atoms with van der Waals surface area (Å²) in [5.41, 5.74) is 2.04. The highest BCUT2D eigenvalue weighted by Gasteiger charge is 2.22. The minimum Gasteiger partial charge on any atom is -0.341 e. The summed E-state index contributed by atoms with van der Waals surface area (Å²) in [6.07, 6.45) is 3.44. The number of nitrogens with zero attached hydrogens (tertiary/aromatic N) is 1. The Kier molecular flexibility index (Phi) is 4.52. The monoisotopic (exact) mass is 297 g/mol. The van der Waals surface area contributed by atoms with Crippen molar-refractivity contribution in [3.8, 4) is 0 Å². The highest BCUT2D eigenvalue weighted by molar-refractivity contribution is 5.79. The van der Waals surface area contributed by atoms with Gasteiger partial charge in [0.25, 0.3) is 0 Å². The summed E-state index contributed by atoms with van der Waals surface area (Å²) in [5, 5.41) is 0. The summed E-state index contributed by atoms with van der Waals surface area (Å²) in [7, 11) is 0. The molecule has 1 saturated carbocycles. The summed E-state index contributed by atoms with van der Waals surface area (Å²) in [5.74, 6) is 0.500. The fourth-order valence-electron chi connectivity index (χ4n) is 3.12. The summed E-state index contributed by atoms with van der Waals surface area (Å²) in [6, 6.07) is 16.6. The molecule has 1 atom stereocenters. The van der Waals surface area contributed by atoms with E-state index in [1.165, 1.54) is 12.1 Å². The van der Waals surface area contributed by atoms with Crippen molar-refractivity contribution in [2.45, 2.75) is 25.7 Å². The van der Waals surface area contributed by atoms with Crippen LogP contribution in [0.1, 0.15) is 25.7 Å². The van der Waals surface area contributed by atoms with Crippen molar-refractivity contribution in [2.75, 3.05) is 11.4 Å². The third-order valence-electron chi connectivity index (χ3n) is 4.23. The molecule has 2 aromatic carbocycles. The topological polar surface area (TPSA) is 20.3 Å². The van der Waals surface area contributed by atoms with Gasteiger partial charge in [-0.05, 0) is 55.2 Å². The zero-order valence-corrected chi connectivity index (χ0v) is 12.5. The Hall–Kier alpha value is -2.16. The number of rotatable bonds is 4. The second-order valence-corrected chi connectivity index (χ2v) is 5.92. The summed E-state index contributed by atoms with van der Waals surface area (Å²) < 4.78 is 13.2. The predicted octanol–water partition coefficient (Wildman–Crippen LogP) is 4.72. The minimum absolute atomic E-state index is 0.232. The molecular formula is C19H20FNO. The third kappa shape index (κ3) is 3.53. The molecule has 0 spiro atoms. The number of carbonyl (C=O) groups excluding carboxylic acids is 1. The summed E-state index contributed by atoms with van der Waals surface area (Å²) >= 11 is 0. The molecule has 22 heavy (non-hydrogen) atoms. The maximum Gasteiger partial charge on any atom is 0.133 e. The van der Waals surface area contributed by atoms with Gasteiger partial charge < -0.3 is 4.90 Å². The van der Waals surface area contributed by atoms with E-state index in [9.17, 15) is 9.18 Å². The van der Waals surface area contributed by atoms with Crippen LogP contribution in [0.25, 0.3) is 0 Å². The smallest absolute Gasteiger partial charge is 0.133 e. The van der Waals surface area contributed by atoms with E-state index in [4.69, 9.17) is 0 Å². The molecule has 0 aromatic heterocycles. The summed E-state index contributed by atoms with van der Waals surface area (Å²) in [4.78, 5) is 13.9. The number of anilines is 2. The van der Waals surface area contributed by atoms with Crippen LogP contribution in [-0.2, 0) is 4.79 Å². The van der Waals surface area contributed by atoms with E-state index in [0.29, 0.717) is 18.1 Å². The molecule has 1 fully saturated rings. The van der Waals surface area contributed by atoms with E-state index in [2.05, 4.69) is 4.90 Å². The molecule has 0 aliphatic heterocycles. The van der Waals surface area contributed by atoms with Crippen LogP contribution in [0.4, 0.5) is 15.8 Å². The number of halogens is 1. The first-order valence-electron chi connectivity index (χ1n) is 7.82. The minimum atomic E-state index is -0.232. The van der Waals surface area contributed by atoms with Gasteiger partial charge in [0.1, 0.15) is 11.6 Å². The molecule has 2 aromatic rings. The Morgan fingerprint density at radius 2 is 1.68 bits per heavy atom. The number of carbonyl (C=O) groups is 1. The standard InChI is InChI=1S/C19H20FNO/c20-16-9-11-18(12-10-16)21(17-6-2-1-3-7-17)14-15-5-4-8-19(22)13-15/h1-3,6-7,9-12,15H,4-5,8,13-14H2. The fraction of sp³-hybridized carbons (Fsp3) is 0.316. The van der Waals surface area contributed by atoms with Crippen LogP contribution in [0.15, 0.2) is 54.6 Å². The second-order valence-electron chi connectivity index (χ2n) is 5.92. The Bertz CT molecular complexity index is 624. The van der Waals surface area contributed by atoms with E-state index in [0.717, 1.165) is 37.2 Å². The van der Waals surface area contributed by atoms with Crippen molar-refractivity contribution in [1.82, 2.24) is 0 Å². The molecule has 0 heterocycles. The molecule has 3 rings (SSSR count). The van der Waals surface area contributed by atoms with E-state index >= 15 is 0 Å². The average Bonchev–Trinajstić information content (AvgIpc) is 2.55. The molecule has 0 bridgehead atoms. The number of Topliss-reactive ketones (excluding diaryl/α,β-unsaturated/α-hetero) is 1. The van der Waals surface area contributed by atoms with E-state index < -0.39 is 0 Å². The molecule has 1 aliphatic rings. The molecule has 2 nitrogen and oxygen atoms in total. The SMILES string of the molecule is O=C1CCCC(CN(c2ccccc2)c2ccc(F)cc2)C1. The first-order valence-corrected chi connectivity index (χ1v) is 7.82. The lowest BCUT2D eigenvalue weighted by atomic mass is 9.88. The molecule has 1 aliphatic carbocycles. The first kappa shape index (κ1) is 14.8. The zero-order chi connectivity index (χ0) is 15.4. The lowest BCUT2D eigenvalue weighted by molar-refractivity contribution is -0.121. The third-order valence-corrected chi connectivity index (χ3v) is 4.23. The number of hydrogen-bond donors (Lipinski definition) is 0. The van der Waals surface area contributed by atoms with Crippen molar-refractivity contribution in [1.29, 1.82) is 0 Å². The average molecular weight is 297 g/mol. The Morgan fingerprint density at radius 1 is 1.00 bits per heavy atom. The maximum absolute atomic E-state index is 13.2. The van der Waals surface area contributed by atoms with Gasteiger partial charge >= 0.3 is 0 Å². The molecule has 0 amide bonds. The van der Waals surface area contributed by atoms with Crippen molar-refractivity contribution >= 4 is 17.2 Å². The van der Waals surface area contributed by atoms with E-state index in [1.807, 2.05) is 30.3 Å². The zero-order valence-electron chi connectivity index (χ0n) is 12.5. The molecule has 0 radical (unpaired) electrons. The maximum atomic E-state index is 13.2. The highest BCUT2D eigenvalue weighted by atomic mass is 19.1. The fourth-order valence-corrected chi connectivity index (χ4v) is 3.12. The normalized spacial score (nSPS) is 18.2. The van der Waals surface area contributed by atoms with Gasteiger partial charge in [0.15, 0.2) is 0 Å². The molecule has 114 valence electrons. The number of ketones is 1.